The van der Waals surface area contributed by atoms with E-state index in [0.29, 0.717) is 12.4 Å². The van der Waals surface area contributed by atoms with Crippen LogP contribution in [-0.4, -0.2) is 55.2 Å². The molecule has 1 aromatic carbocycles. The smallest absolute Gasteiger partial charge is 0.295 e. The van der Waals surface area contributed by atoms with Crippen molar-refractivity contribution >= 4 is 40.4 Å². The number of aliphatic hydroxyl groups is 1. The van der Waals surface area contributed by atoms with Crippen molar-refractivity contribution in [2.45, 2.75) is 31.9 Å². The molecule has 2 fully saturated rings. The van der Waals surface area contributed by atoms with Gasteiger partial charge in [-0.2, -0.15) is 0 Å². The number of Topliss-reactive ketones (excluding diaryl/α,β-unsaturated/α-hetero) is 1. The van der Waals surface area contributed by atoms with Gasteiger partial charge in [0, 0.05) is 24.1 Å². The predicted octanol–water partition coefficient (Wildman–Crippen LogP) is 4.33. The minimum absolute atomic E-state index is 0.0121. The van der Waals surface area contributed by atoms with Crippen LogP contribution in [0.3, 0.4) is 0 Å². The molecule has 0 aliphatic carbocycles. The summed E-state index contributed by atoms with van der Waals surface area (Å²) >= 11 is 7.73. The molecule has 4 rings (SSSR count). The summed E-state index contributed by atoms with van der Waals surface area (Å²) in [6.45, 7) is 2.84. The van der Waals surface area contributed by atoms with Gasteiger partial charge in [0.05, 0.1) is 42.5 Å². The van der Waals surface area contributed by atoms with E-state index in [9.17, 15) is 14.7 Å². The van der Waals surface area contributed by atoms with E-state index in [1.165, 1.54) is 42.6 Å². The van der Waals surface area contributed by atoms with Crippen LogP contribution < -0.4 is 9.47 Å². The zero-order chi connectivity index (χ0) is 23.0. The molecule has 170 valence electrons. The number of hydrogen-bond donors (Lipinski definition) is 1. The normalized spacial score (nSPS) is 22.6. The summed E-state index contributed by atoms with van der Waals surface area (Å²) in [6.07, 6.45) is 1.60. The summed E-state index contributed by atoms with van der Waals surface area (Å²) in [5.74, 6) is -1.09. The van der Waals surface area contributed by atoms with Gasteiger partial charge in [0.2, 0.25) is 0 Å². The fraction of sp³-hybridized carbons (Fsp3) is 0.391. The average Bonchev–Trinajstić information content (AvgIpc) is 3.50. The summed E-state index contributed by atoms with van der Waals surface area (Å²) in [7, 11) is 2.91. The largest absolute Gasteiger partial charge is 0.507 e. The summed E-state index contributed by atoms with van der Waals surface area (Å²) in [6, 6.07) is 4.22. The highest BCUT2D eigenvalue weighted by Gasteiger charge is 2.48. The van der Waals surface area contributed by atoms with E-state index in [1.54, 1.807) is 0 Å². The van der Waals surface area contributed by atoms with Crippen LogP contribution in [-0.2, 0) is 14.3 Å². The number of ether oxygens (including phenoxy) is 3. The molecule has 1 aromatic heterocycles. The molecule has 7 nitrogen and oxygen atoms in total. The second-order valence-corrected chi connectivity index (χ2v) is 9.10. The third-order valence-corrected chi connectivity index (χ3v) is 7.21. The lowest BCUT2D eigenvalue weighted by atomic mass is 9.97. The van der Waals surface area contributed by atoms with Crippen molar-refractivity contribution in [2.75, 3.05) is 27.4 Å². The number of carbonyl (C=O) groups is 2. The molecule has 2 aliphatic heterocycles. The molecule has 32 heavy (non-hydrogen) atoms. The molecule has 2 atom stereocenters. The number of nitrogens with zero attached hydrogens (tertiary/aromatic N) is 1. The lowest BCUT2D eigenvalue weighted by Crippen LogP contribution is -2.36. The molecule has 1 amide bonds. The first-order valence-corrected chi connectivity index (χ1v) is 11.5. The molecule has 2 aromatic rings. The summed E-state index contributed by atoms with van der Waals surface area (Å²) < 4.78 is 16.4. The first-order valence-electron chi connectivity index (χ1n) is 10.2. The summed E-state index contributed by atoms with van der Waals surface area (Å²) in [5, 5.41) is 13.5. The highest BCUT2D eigenvalue weighted by atomic mass is 35.5. The monoisotopic (exact) mass is 477 g/mol. The molecule has 1 N–H and O–H groups in total. The van der Waals surface area contributed by atoms with Crippen molar-refractivity contribution in [1.29, 1.82) is 0 Å². The summed E-state index contributed by atoms with van der Waals surface area (Å²) in [4.78, 5) is 28.6. The molecule has 0 spiro atoms. The van der Waals surface area contributed by atoms with Crippen LogP contribution in [0.4, 0.5) is 0 Å². The van der Waals surface area contributed by atoms with Crippen molar-refractivity contribution in [3.05, 3.63) is 50.2 Å². The highest BCUT2D eigenvalue weighted by Crippen LogP contribution is 2.45. The molecule has 9 heteroatoms. The number of amides is 1. The van der Waals surface area contributed by atoms with E-state index < -0.39 is 17.7 Å². The van der Waals surface area contributed by atoms with Gasteiger partial charge in [0.15, 0.2) is 0 Å². The number of carbonyl (C=O) groups excluding carboxylic acids is 2. The maximum Gasteiger partial charge on any atom is 0.295 e. The third kappa shape index (κ3) is 3.87. The topological polar surface area (TPSA) is 85.3 Å². The van der Waals surface area contributed by atoms with Crippen LogP contribution in [0.5, 0.6) is 11.5 Å². The van der Waals surface area contributed by atoms with E-state index in [2.05, 4.69) is 0 Å². The minimum Gasteiger partial charge on any atom is -0.507 e. The number of methoxy groups -OCH3 is 2. The Morgan fingerprint density at radius 2 is 2.03 bits per heavy atom. The average molecular weight is 478 g/mol. The van der Waals surface area contributed by atoms with Gasteiger partial charge < -0.3 is 24.2 Å². The Morgan fingerprint density at radius 1 is 1.28 bits per heavy atom. The molecule has 2 saturated heterocycles. The Morgan fingerprint density at radius 3 is 2.62 bits per heavy atom. The number of aliphatic hydroxyl groups excluding tert-OH is 1. The van der Waals surface area contributed by atoms with E-state index in [4.69, 9.17) is 25.8 Å². The van der Waals surface area contributed by atoms with Crippen molar-refractivity contribution in [1.82, 2.24) is 4.90 Å². The predicted molar refractivity (Wildman–Crippen MR) is 122 cm³/mol. The van der Waals surface area contributed by atoms with Crippen molar-refractivity contribution in [3.63, 3.8) is 0 Å². The molecular formula is C23H24ClNO6S. The Bertz CT molecular complexity index is 1090. The lowest BCUT2D eigenvalue weighted by molar-refractivity contribution is -0.140. The Labute approximate surface area is 195 Å². The first kappa shape index (κ1) is 22.6. The van der Waals surface area contributed by atoms with Crippen LogP contribution in [0, 0.1) is 6.92 Å². The van der Waals surface area contributed by atoms with Gasteiger partial charge >= 0.3 is 0 Å². The van der Waals surface area contributed by atoms with E-state index in [0.717, 1.165) is 23.3 Å². The van der Waals surface area contributed by atoms with Crippen molar-refractivity contribution < 1.29 is 28.9 Å². The van der Waals surface area contributed by atoms with Gasteiger partial charge in [0.1, 0.15) is 17.3 Å². The zero-order valence-corrected chi connectivity index (χ0v) is 19.6. The first-order chi connectivity index (χ1) is 15.4. The van der Waals surface area contributed by atoms with Gasteiger partial charge in [0.25, 0.3) is 11.7 Å². The lowest BCUT2D eigenvalue weighted by Gasteiger charge is -2.27. The molecular weight excluding hydrogens is 454 g/mol. The van der Waals surface area contributed by atoms with Gasteiger partial charge in [-0.05, 0) is 42.8 Å². The maximum absolute atomic E-state index is 13.2. The number of rotatable bonds is 6. The van der Waals surface area contributed by atoms with E-state index in [-0.39, 0.29) is 40.3 Å². The second-order valence-electron chi connectivity index (χ2n) is 7.74. The quantitative estimate of drug-likeness (QED) is 0.378. The van der Waals surface area contributed by atoms with Crippen LogP contribution in [0.1, 0.15) is 34.9 Å². The van der Waals surface area contributed by atoms with Gasteiger partial charge in [-0.1, -0.05) is 11.6 Å². The van der Waals surface area contributed by atoms with Crippen LogP contribution >= 0.6 is 22.9 Å². The Kier molecular flexibility index (Phi) is 6.46. The number of benzene rings is 1. The van der Waals surface area contributed by atoms with Crippen molar-refractivity contribution in [2.24, 2.45) is 0 Å². The molecule has 3 heterocycles. The third-order valence-electron chi connectivity index (χ3n) is 5.84. The molecule has 0 bridgehead atoms. The van der Waals surface area contributed by atoms with E-state index >= 15 is 0 Å². The van der Waals surface area contributed by atoms with Gasteiger partial charge in [-0.15, -0.1) is 11.3 Å². The highest BCUT2D eigenvalue weighted by molar-refractivity contribution is 7.10. The van der Waals surface area contributed by atoms with Crippen LogP contribution in [0.2, 0.25) is 5.02 Å². The number of thiophene rings is 1. The Balaban J connectivity index is 1.88. The zero-order valence-electron chi connectivity index (χ0n) is 18.0. The van der Waals surface area contributed by atoms with Crippen LogP contribution in [0.15, 0.2) is 29.2 Å². The van der Waals surface area contributed by atoms with Gasteiger partial charge in [-0.25, -0.2) is 0 Å². The Hall–Kier alpha value is -2.55. The fourth-order valence-corrected chi connectivity index (χ4v) is 5.49. The standard InChI is InChI=1S/C23H24ClNO6S/c1-12-6-8-32-22(12)19-18(21(27)23(28)25(19)11-13-5-4-7-31-13)20(26)14-9-15(24)17(30-3)10-16(14)29-2/h6,8-10,13,19,26H,4-5,7,11H2,1-3H3/b20-18+. The number of ketones is 1. The van der Waals surface area contributed by atoms with Crippen molar-refractivity contribution in [3.8, 4) is 11.5 Å². The molecule has 0 saturated carbocycles. The minimum atomic E-state index is -0.743. The fourth-order valence-electron chi connectivity index (χ4n) is 4.20. The number of aryl methyl sites for hydroxylation is 1. The number of likely N-dealkylation sites (tertiary alicyclic amines) is 1. The maximum atomic E-state index is 13.2. The number of hydrogen-bond acceptors (Lipinski definition) is 7. The summed E-state index contributed by atoms with van der Waals surface area (Å²) in [5.41, 5.74) is 1.16. The number of halogens is 1. The van der Waals surface area contributed by atoms with E-state index in [1.807, 2.05) is 18.4 Å². The van der Waals surface area contributed by atoms with Gasteiger partial charge in [-0.3, -0.25) is 9.59 Å². The molecule has 2 aliphatic rings. The van der Waals surface area contributed by atoms with Crippen LogP contribution in [0.25, 0.3) is 5.76 Å². The SMILES string of the molecule is COc1cc(OC)c(/C(O)=C2\C(=O)C(=O)N(CC3CCCO3)C2c2sccc2C)cc1Cl. The second kappa shape index (κ2) is 9.13. The molecule has 0 radical (unpaired) electrons. The molecule has 2 unspecified atom stereocenters.